The molecule has 88 valence electrons. The van der Waals surface area contributed by atoms with Crippen LogP contribution < -0.4 is 0 Å². The molecule has 0 aliphatic rings. The number of furan rings is 1. The van der Waals surface area contributed by atoms with E-state index in [0.29, 0.717) is 0 Å². The first-order valence-corrected chi connectivity index (χ1v) is 4.65. The van der Waals surface area contributed by atoms with Gasteiger partial charge >= 0.3 is 11.9 Å². The van der Waals surface area contributed by atoms with Gasteiger partial charge in [0, 0.05) is 0 Å². The van der Waals surface area contributed by atoms with Crippen molar-refractivity contribution in [3.05, 3.63) is 60.1 Å². The number of rotatable bonds is 2. The molecular weight excluding hydrogens is 224 g/mol. The first-order valence-electron chi connectivity index (χ1n) is 4.65. The minimum atomic E-state index is -1.23. The van der Waals surface area contributed by atoms with E-state index in [2.05, 4.69) is 4.42 Å². The lowest BCUT2D eigenvalue weighted by Gasteiger charge is -1.98. The first kappa shape index (κ1) is 12.5. The zero-order valence-corrected chi connectivity index (χ0v) is 8.74. The van der Waals surface area contributed by atoms with Gasteiger partial charge in [0.1, 0.15) is 0 Å². The van der Waals surface area contributed by atoms with E-state index in [-0.39, 0.29) is 11.1 Å². The van der Waals surface area contributed by atoms with Gasteiger partial charge in [-0.05, 0) is 24.3 Å². The standard InChI is InChI=1S/C8H6O4.C4H4O/c9-7(10)5-3-1-2-4-6(5)8(11)12;1-2-4-5-3-1/h1-4H,(H,9,10)(H,11,12);1-4H. The van der Waals surface area contributed by atoms with Gasteiger partial charge in [0.15, 0.2) is 0 Å². The van der Waals surface area contributed by atoms with E-state index < -0.39 is 11.9 Å². The van der Waals surface area contributed by atoms with E-state index >= 15 is 0 Å². The fraction of sp³-hybridized carbons (Fsp3) is 0. The summed E-state index contributed by atoms with van der Waals surface area (Å²) in [5, 5.41) is 17.1. The van der Waals surface area contributed by atoms with Crippen molar-refractivity contribution in [1.29, 1.82) is 0 Å². The van der Waals surface area contributed by atoms with Crippen LogP contribution in [0, 0.1) is 0 Å². The second-order valence-electron chi connectivity index (χ2n) is 2.95. The maximum atomic E-state index is 10.5. The SMILES string of the molecule is O=C(O)c1ccccc1C(=O)O.c1ccoc1. The number of carboxylic acids is 2. The molecule has 2 aromatic rings. The van der Waals surface area contributed by atoms with Gasteiger partial charge in [-0.2, -0.15) is 0 Å². The monoisotopic (exact) mass is 234 g/mol. The fourth-order valence-electron chi connectivity index (χ4n) is 1.08. The molecule has 0 saturated carbocycles. The Balaban J connectivity index is 0.000000239. The van der Waals surface area contributed by atoms with Crippen molar-refractivity contribution in [2.24, 2.45) is 0 Å². The van der Waals surface area contributed by atoms with Gasteiger partial charge in [-0.3, -0.25) is 0 Å². The average Bonchev–Trinajstić information content (AvgIpc) is 2.87. The maximum Gasteiger partial charge on any atom is 0.336 e. The van der Waals surface area contributed by atoms with Crippen LogP contribution in [-0.2, 0) is 0 Å². The van der Waals surface area contributed by atoms with Crippen LogP contribution in [0.3, 0.4) is 0 Å². The van der Waals surface area contributed by atoms with Crippen molar-refractivity contribution in [2.45, 2.75) is 0 Å². The van der Waals surface area contributed by atoms with Gasteiger partial charge in [0.25, 0.3) is 0 Å². The van der Waals surface area contributed by atoms with Crippen LogP contribution in [0.4, 0.5) is 0 Å². The number of hydrogen-bond acceptors (Lipinski definition) is 3. The highest BCUT2D eigenvalue weighted by molar-refractivity contribution is 6.01. The molecule has 1 heterocycles. The molecule has 2 N–H and O–H groups in total. The molecule has 0 unspecified atom stereocenters. The third-order valence-electron chi connectivity index (χ3n) is 1.81. The van der Waals surface area contributed by atoms with Crippen LogP contribution in [0.1, 0.15) is 20.7 Å². The Labute approximate surface area is 96.9 Å². The second kappa shape index (κ2) is 6.12. The molecule has 5 nitrogen and oxygen atoms in total. The van der Waals surface area contributed by atoms with Crippen molar-refractivity contribution >= 4 is 11.9 Å². The molecule has 2 rings (SSSR count). The highest BCUT2D eigenvalue weighted by Crippen LogP contribution is 2.07. The molecule has 0 bridgehead atoms. The lowest BCUT2D eigenvalue weighted by atomic mass is 10.1. The summed E-state index contributed by atoms with van der Waals surface area (Å²) < 4.78 is 4.58. The number of aromatic carboxylic acids is 2. The maximum absolute atomic E-state index is 10.5. The Kier molecular flexibility index (Phi) is 4.50. The molecule has 1 aromatic carbocycles. The molecule has 1 aromatic heterocycles. The molecule has 0 aliphatic carbocycles. The lowest BCUT2D eigenvalue weighted by molar-refractivity contribution is 0.0651. The highest BCUT2D eigenvalue weighted by Gasteiger charge is 2.13. The van der Waals surface area contributed by atoms with Crippen LogP contribution in [0.25, 0.3) is 0 Å². The third kappa shape index (κ3) is 3.83. The third-order valence-corrected chi connectivity index (χ3v) is 1.81. The molecule has 5 heteroatoms. The predicted molar refractivity (Wildman–Crippen MR) is 59.1 cm³/mol. The number of hydrogen-bond donors (Lipinski definition) is 2. The summed E-state index contributed by atoms with van der Waals surface area (Å²) in [4.78, 5) is 20.9. The van der Waals surface area contributed by atoms with Crippen molar-refractivity contribution in [3.8, 4) is 0 Å². The quantitative estimate of drug-likeness (QED) is 0.832. The summed E-state index contributed by atoms with van der Waals surface area (Å²) in [6.45, 7) is 0. The minimum absolute atomic E-state index is 0.190. The zero-order valence-electron chi connectivity index (χ0n) is 8.74. The number of benzene rings is 1. The predicted octanol–water partition coefficient (Wildman–Crippen LogP) is 2.36. The highest BCUT2D eigenvalue weighted by atomic mass is 16.4. The molecule has 0 fully saturated rings. The smallest absolute Gasteiger partial charge is 0.336 e. The van der Waals surface area contributed by atoms with Gasteiger partial charge in [0.2, 0.25) is 0 Å². The van der Waals surface area contributed by atoms with Crippen LogP contribution in [0.5, 0.6) is 0 Å². The molecule has 0 radical (unpaired) electrons. The second-order valence-corrected chi connectivity index (χ2v) is 2.95. The molecule has 0 atom stereocenters. The van der Waals surface area contributed by atoms with Crippen molar-refractivity contribution in [1.82, 2.24) is 0 Å². The normalized spacial score (nSPS) is 8.94. The van der Waals surface area contributed by atoms with Crippen molar-refractivity contribution in [2.75, 3.05) is 0 Å². The van der Waals surface area contributed by atoms with E-state index in [9.17, 15) is 9.59 Å². The lowest BCUT2D eigenvalue weighted by Crippen LogP contribution is -2.06. The van der Waals surface area contributed by atoms with Crippen molar-refractivity contribution < 1.29 is 24.2 Å². The Bertz CT molecular complexity index is 437. The van der Waals surface area contributed by atoms with E-state index in [1.807, 2.05) is 12.1 Å². The van der Waals surface area contributed by atoms with Gasteiger partial charge in [-0.15, -0.1) is 0 Å². The molecule has 0 saturated heterocycles. The summed E-state index contributed by atoms with van der Waals surface area (Å²) in [6.07, 6.45) is 3.25. The van der Waals surface area contributed by atoms with E-state index in [1.54, 1.807) is 12.5 Å². The molecular formula is C12H10O5. The van der Waals surface area contributed by atoms with Crippen LogP contribution >= 0.6 is 0 Å². The topological polar surface area (TPSA) is 87.7 Å². The number of carbonyl (C=O) groups is 2. The minimum Gasteiger partial charge on any atom is -0.478 e. The number of carboxylic acid groups (broad SMARTS) is 2. The molecule has 0 amide bonds. The summed E-state index contributed by atoms with van der Waals surface area (Å²) >= 11 is 0. The first-order chi connectivity index (χ1) is 8.13. The fourth-order valence-corrected chi connectivity index (χ4v) is 1.08. The Morgan fingerprint density at radius 1 is 0.824 bits per heavy atom. The Morgan fingerprint density at radius 3 is 1.47 bits per heavy atom. The van der Waals surface area contributed by atoms with Gasteiger partial charge in [-0.1, -0.05) is 12.1 Å². The van der Waals surface area contributed by atoms with E-state index in [1.165, 1.54) is 24.3 Å². The summed E-state index contributed by atoms with van der Waals surface area (Å²) in [6, 6.07) is 9.14. The van der Waals surface area contributed by atoms with Crippen molar-refractivity contribution in [3.63, 3.8) is 0 Å². The Hall–Kier alpha value is -2.56. The van der Waals surface area contributed by atoms with Crippen LogP contribution in [-0.4, -0.2) is 22.2 Å². The summed E-state index contributed by atoms with van der Waals surface area (Å²) in [7, 11) is 0. The van der Waals surface area contributed by atoms with Gasteiger partial charge in [0.05, 0.1) is 23.7 Å². The molecule has 0 aliphatic heterocycles. The molecule has 0 spiro atoms. The average molecular weight is 234 g/mol. The Morgan fingerprint density at radius 2 is 1.24 bits per heavy atom. The van der Waals surface area contributed by atoms with E-state index in [4.69, 9.17) is 10.2 Å². The van der Waals surface area contributed by atoms with Gasteiger partial charge in [-0.25, -0.2) is 9.59 Å². The van der Waals surface area contributed by atoms with Crippen LogP contribution in [0.15, 0.2) is 53.3 Å². The zero-order chi connectivity index (χ0) is 12.7. The summed E-state index contributed by atoms with van der Waals surface area (Å²) in [5.74, 6) is -2.46. The van der Waals surface area contributed by atoms with Crippen LogP contribution in [0.2, 0.25) is 0 Å². The van der Waals surface area contributed by atoms with E-state index in [0.717, 1.165) is 0 Å². The summed E-state index contributed by atoms with van der Waals surface area (Å²) in [5.41, 5.74) is -0.380. The molecule has 17 heavy (non-hydrogen) atoms. The van der Waals surface area contributed by atoms with Gasteiger partial charge < -0.3 is 14.6 Å². The largest absolute Gasteiger partial charge is 0.478 e.